The summed E-state index contributed by atoms with van der Waals surface area (Å²) in [7, 11) is 0. The molecule has 1 aromatic heterocycles. The summed E-state index contributed by atoms with van der Waals surface area (Å²) >= 11 is 1.33. The number of amides is 1. The lowest BCUT2D eigenvalue weighted by molar-refractivity contribution is -0.144. The SMILES string of the molecule is CCC1CCN(C(=O)c2csc(C(C)N)n2)C(C(=O)O)C1. The number of nitrogens with zero attached hydrogens (tertiary/aromatic N) is 2. The molecule has 0 bridgehead atoms. The minimum absolute atomic E-state index is 0.224. The van der Waals surface area contributed by atoms with Gasteiger partial charge < -0.3 is 15.7 Å². The minimum Gasteiger partial charge on any atom is -0.480 e. The van der Waals surface area contributed by atoms with E-state index in [1.54, 1.807) is 12.3 Å². The molecule has 1 saturated heterocycles. The molecule has 6 nitrogen and oxygen atoms in total. The van der Waals surface area contributed by atoms with Crippen molar-refractivity contribution in [3.63, 3.8) is 0 Å². The molecular formula is C14H21N3O3S. The van der Waals surface area contributed by atoms with E-state index in [9.17, 15) is 14.7 Å². The van der Waals surface area contributed by atoms with Gasteiger partial charge in [-0.15, -0.1) is 11.3 Å². The van der Waals surface area contributed by atoms with Gasteiger partial charge in [0, 0.05) is 11.9 Å². The summed E-state index contributed by atoms with van der Waals surface area (Å²) in [5, 5.41) is 11.7. The van der Waals surface area contributed by atoms with Gasteiger partial charge in [-0.1, -0.05) is 13.3 Å². The number of carbonyl (C=O) groups excluding carboxylic acids is 1. The van der Waals surface area contributed by atoms with E-state index in [2.05, 4.69) is 11.9 Å². The molecule has 2 heterocycles. The molecule has 1 aliphatic heterocycles. The van der Waals surface area contributed by atoms with Crippen LogP contribution in [0.15, 0.2) is 5.38 Å². The summed E-state index contributed by atoms with van der Waals surface area (Å²) in [5.41, 5.74) is 6.05. The average molecular weight is 311 g/mol. The molecule has 1 aliphatic rings. The number of aliphatic carboxylic acids is 1. The van der Waals surface area contributed by atoms with Gasteiger partial charge in [-0.25, -0.2) is 9.78 Å². The van der Waals surface area contributed by atoms with Crippen molar-refractivity contribution in [1.29, 1.82) is 0 Å². The largest absolute Gasteiger partial charge is 0.480 e. The fourth-order valence-corrected chi connectivity index (χ4v) is 3.38. The molecule has 0 saturated carbocycles. The lowest BCUT2D eigenvalue weighted by atomic mass is 9.88. The van der Waals surface area contributed by atoms with Crippen molar-refractivity contribution in [3.8, 4) is 0 Å². The Morgan fingerprint density at radius 3 is 2.86 bits per heavy atom. The number of carboxylic acid groups (broad SMARTS) is 1. The van der Waals surface area contributed by atoms with Crippen LogP contribution in [0.4, 0.5) is 0 Å². The van der Waals surface area contributed by atoms with Gasteiger partial charge in [-0.2, -0.15) is 0 Å². The van der Waals surface area contributed by atoms with Crippen LogP contribution in [0.3, 0.4) is 0 Å². The maximum Gasteiger partial charge on any atom is 0.326 e. The number of carbonyl (C=O) groups is 2. The van der Waals surface area contributed by atoms with Crippen LogP contribution in [-0.2, 0) is 4.79 Å². The third kappa shape index (κ3) is 3.41. The Morgan fingerprint density at radius 2 is 2.33 bits per heavy atom. The fourth-order valence-electron chi connectivity index (χ4n) is 2.63. The van der Waals surface area contributed by atoms with Crippen LogP contribution in [-0.4, -0.2) is 39.5 Å². The van der Waals surface area contributed by atoms with Gasteiger partial charge in [0.25, 0.3) is 5.91 Å². The van der Waals surface area contributed by atoms with Crippen molar-refractivity contribution in [2.24, 2.45) is 11.7 Å². The molecule has 3 N–H and O–H groups in total. The summed E-state index contributed by atoms with van der Waals surface area (Å²) in [6.07, 6.45) is 2.30. The van der Waals surface area contributed by atoms with Crippen molar-refractivity contribution >= 4 is 23.2 Å². The molecule has 0 spiro atoms. The number of thiazole rings is 1. The van der Waals surface area contributed by atoms with E-state index in [0.717, 1.165) is 12.8 Å². The van der Waals surface area contributed by atoms with Gasteiger partial charge in [0.2, 0.25) is 0 Å². The minimum atomic E-state index is -0.941. The number of nitrogens with two attached hydrogens (primary N) is 1. The Bertz CT molecular complexity index is 529. The smallest absolute Gasteiger partial charge is 0.326 e. The summed E-state index contributed by atoms with van der Waals surface area (Å²) in [6, 6.07) is -0.978. The zero-order valence-corrected chi connectivity index (χ0v) is 13.1. The van der Waals surface area contributed by atoms with E-state index in [-0.39, 0.29) is 11.9 Å². The van der Waals surface area contributed by atoms with Crippen LogP contribution < -0.4 is 5.73 Å². The van der Waals surface area contributed by atoms with E-state index in [0.29, 0.717) is 29.6 Å². The first-order valence-corrected chi connectivity index (χ1v) is 8.06. The Hall–Kier alpha value is -1.47. The lowest BCUT2D eigenvalue weighted by Crippen LogP contribution is -2.50. The van der Waals surface area contributed by atoms with Crippen LogP contribution in [0.5, 0.6) is 0 Å². The van der Waals surface area contributed by atoms with E-state index < -0.39 is 12.0 Å². The fraction of sp³-hybridized carbons (Fsp3) is 0.643. The van der Waals surface area contributed by atoms with Gasteiger partial charge >= 0.3 is 5.97 Å². The van der Waals surface area contributed by atoms with Crippen molar-refractivity contribution in [1.82, 2.24) is 9.88 Å². The number of carboxylic acids is 1. The summed E-state index contributed by atoms with van der Waals surface area (Å²) in [6.45, 7) is 4.33. The Balaban J connectivity index is 2.17. The molecule has 0 aromatic carbocycles. The van der Waals surface area contributed by atoms with Gasteiger partial charge in [-0.3, -0.25) is 4.79 Å². The van der Waals surface area contributed by atoms with E-state index in [1.807, 2.05) is 0 Å². The molecule has 3 unspecified atom stereocenters. The summed E-state index contributed by atoms with van der Waals surface area (Å²) in [5.74, 6) is -0.880. The van der Waals surface area contributed by atoms with Gasteiger partial charge in [-0.05, 0) is 25.7 Å². The topological polar surface area (TPSA) is 96.5 Å². The van der Waals surface area contributed by atoms with Crippen LogP contribution >= 0.6 is 11.3 Å². The van der Waals surface area contributed by atoms with Gasteiger partial charge in [0.1, 0.15) is 16.7 Å². The van der Waals surface area contributed by atoms with Crippen molar-refractivity contribution in [2.75, 3.05) is 6.54 Å². The second-order valence-corrected chi connectivity index (χ2v) is 6.40. The van der Waals surface area contributed by atoms with Crippen molar-refractivity contribution in [2.45, 2.75) is 45.2 Å². The van der Waals surface area contributed by atoms with E-state index >= 15 is 0 Å². The first-order chi connectivity index (χ1) is 9.93. The molecule has 3 atom stereocenters. The zero-order valence-electron chi connectivity index (χ0n) is 12.3. The quantitative estimate of drug-likeness (QED) is 0.885. The number of hydrogen-bond donors (Lipinski definition) is 2. The number of rotatable bonds is 4. The molecule has 0 radical (unpaired) electrons. The molecule has 1 aromatic rings. The first-order valence-electron chi connectivity index (χ1n) is 7.18. The number of likely N-dealkylation sites (tertiary alicyclic amines) is 1. The molecule has 0 aliphatic carbocycles. The average Bonchev–Trinajstić information content (AvgIpc) is 2.95. The van der Waals surface area contributed by atoms with Crippen LogP contribution in [0.25, 0.3) is 0 Å². The highest BCUT2D eigenvalue weighted by atomic mass is 32.1. The molecular weight excluding hydrogens is 290 g/mol. The molecule has 116 valence electrons. The monoisotopic (exact) mass is 311 g/mol. The van der Waals surface area contributed by atoms with Crippen LogP contribution in [0.1, 0.15) is 54.6 Å². The Kier molecular flexibility index (Phi) is 4.95. The predicted octanol–water partition coefficient (Wildman–Crippen LogP) is 1.88. The third-order valence-corrected chi connectivity index (χ3v) is 5.01. The highest BCUT2D eigenvalue weighted by Crippen LogP contribution is 2.27. The summed E-state index contributed by atoms with van der Waals surface area (Å²) in [4.78, 5) is 29.6. The second kappa shape index (κ2) is 6.53. The van der Waals surface area contributed by atoms with Gasteiger partial charge in [0.15, 0.2) is 0 Å². The summed E-state index contributed by atoms with van der Waals surface area (Å²) < 4.78 is 0. The highest BCUT2D eigenvalue weighted by Gasteiger charge is 2.36. The highest BCUT2D eigenvalue weighted by molar-refractivity contribution is 7.09. The number of hydrogen-bond acceptors (Lipinski definition) is 5. The zero-order chi connectivity index (χ0) is 15.6. The Morgan fingerprint density at radius 1 is 1.62 bits per heavy atom. The lowest BCUT2D eigenvalue weighted by Gasteiger charge is -2.36. The van der Waals surface area contributed by atoms with Crippen molar-refractivity contribution < 1.29 is 14.7 Å². The van der Waals surface area contributed by atoms with E-state index in [4.69, 9.17) is 5.73 Å². The predicted molar refractivity (Wildman–Crippen MR) is 80.2 cm³/mol. The molecule has 7 heteroatoms. The Labute approximate surface area is 128 Å². The maximum atomic E-state index is 12.5. The third-order valence-electron chi connectivity index (χ3n) is 3.96. The molecule has 1 fully saturated rings. The normalized spacial score (nSPS) is 23.9. The molecule has 21 heavy (non-hydrogen) atoms. The second-order valence-electron chi connectivity index (χ2n) is 5.51. The van der Waals surface area contributed by atoms with Crippen molar-refractivity contribution in [3.05, 3.63) is 16.1 Å². The van der Waals surface area contributed by atoms with Crippen LogP contribution in [0, 0.1) is 5.92 Å². The van der Waals surface area contributed by atoms with Gasteiger partial charge in [0.05, 0.1) is 6.04 Å². The molecule has 1 amide bonds. The maximum absolute atomic E-state index is 12.5. The van der Waals surface area contributed by atoms with E-state index in [1.165, 1.54) is 16.2 Å². The standard InChI is InChI=1S/C14H21N3O3S/c1-3-9-4-5-17(11(6-9)14(19)20)13(18)10-7-21-12(16-10)8(2)15/h7-9,11H,3-6,15H2,1-2H3,(H,19,20). The first kappa shape index (κ1) is 15.9. The molecule has 2 rings (SSSR count). The number of aromatic nitrogens is 1. The van der Waals surface area contributed by atoms with Crippen LogP contribution in [0.2, 0.25) is 0 Å². The number of piperidine rings is 1.